The molecule has 2 unspecified atom stereocenters. The molecule has 1 saturated heterocycles. The molecule has 4 heterocycles. The fourth-order valence-electron chi connectivity index (χ4n) is 3.69. The summed E-state index contributed by atoms with van der Waals surface area (Å²) in [5.41, 5.74) is 2.12. The zero-order valence-corrected chi connectivity index (χ0v) is 16.2. The Balaban J connectivity index is 1.32. The molecule has 2 bridgehead atoms. The molecule has 0 spiro atoms. The van der Waals surface area contributed by atoms with Gasteiger partial charge in [0, 0.05) is 25.1 Å². The Morgan fingerprint density at radius 1 is 1.17 bits per heavy atom. The third-order valence-electron chi connectivity index (χ3n) is 5.11. The number of benzene rings is 1. The molecule has 0 saturated carbocycles. The Hall–Kier alpha value is -2.85. The van der Waals surface area contributed by atoms with Crippen LogP contribution in [0.3, 0.4) is 0 Å². The number of aryl methyl sites for hydroxylation is 1. The number of aromatic hydroxyl groups is 1. The fourth-order valence-corrected chi connectivity index (χ4v) is 4.49. The quantitative estimate of drug-likeness (QED) is 0.677. The summed E-state index contributed by atoms with van der Waals surface area (Å²) in [5, 5.41) is 26.6. The molecule has 2 aliphatic heterocycles. The third kappa shape index (κ3) is 3.28. The molecule has 2 N–H and O–H groups in total. The number of ether oxygens (including phenoxy) is 1. The number of nitrogens with zero attached hydrogens (tertiary/aromatic N) is 4. The number of aromatic nitrogens is 4. The first-order chi connectivity index (χ1) is 14.0. The van der Waals surface area contributed by atoms with Crippen LogP contribution in [0.2, 0.25) is 0 Å². The topological polar surface area (TPSA) is 85.1 Å². The molecule has 2 aromatic heterocycles. The smallest absolute Gasteiger partial charge is 0.294 e. The summed E-state index contributed by atoms with van der Waals surface area (Å²) in [6.45, 7) is 1.89. The number of fused-ring (bicyclic) bond motifs is 2. The van der Waals surface area contributed by atoms with Crippen molar-refractivity contribution >= 4 is 11.3 Å². The van der Waals surface area contributed by atoms with Gasteiger partial charge in [0.1, 0.15) is 23.5 Å². The summed E-state index contributed by atoms with van der Waals surface area (Å²) in [6.07, 6.45) is 2.11. The number of hydrogen-bond acceptors (Lipinski definition) is 7. The number of rotatable bonds is 4. The van der Waals surface area contributed by atoms with Gasteiger partial charge in [0.2, 0.25) is 0 Å². The molecule has 3 aromatic rings. The van der Waals surface area contributed by atoms with Crippen molar-refractivity contribution in [1.82, 2.24) is 25.3 Å². The molecule has 7 nitrogen and oxygen atoms in total. The number of hydrogen-bond donors (Lipinski definition) is 2. The molecule has 2 atom stereocenters. The maximum atomic E-state index is 13.7. The zero-order valence-electron chi connectivity index (χ0n) is 15.3. The molecule has 10 heteroatoms. The van der Waals surface area contributed by atoms with Crippen LogP contribution in [-0.4, -0.2) is 43.3 Å². The van der Waals surface area contributed by atoms with Crippen LogP contribution in [0.15, 0.2) is 42.1 Å². The lowest BCUT2D eigenvalue weighted by molar-refractivity contribution is 0.133. The van der Waals surface area contributed by atoms with Gasteiger partial charge in [-0.3, -0.25) is 5.32 Å². The highest BCUT2D eigenvalue weighted by Gasteiger charge is 2.42. The number of phenols is 1. The molecule has 2 aliphatic rings. The van der Waals surface area contributed by atoms with Crippen molar-refractivity contribution < 1.29 is 18.6 Å². The highest BCUT2D eigenvalue weighted by Crippen LogP contribution is 2.38. The Bertz CT molecular complexity index is 1090. The second-order valence-corrected chi connectivity index (χ2v) is 8.10. The van der Waals surface area contributed by atoms with Gasteiger partial charge in [-0.25, -0.2) is 13.5 Å². The average molecular weight is 417 g/mol. The molecule has 150 valence electrons. The van der Waals surface area contributed by atoms with Crippen molar-refractivity contribution in [2.75, 3.05) is 0 Å². The van der Waals surface area contributed by atoms with E-state index in [-0.39, 0.29) is 11.9 Å². The number of halogens is 2. The molecular formula is C19H17F2N5O2S. The van der Waals surface area contributed by atoms with Crippen molar-refractivity contribution in [2.24, 2.45) is 0 Å². The third-order valence-corrected chi connectivity index (χ3v) is 5.96. The minimum Gasteiger partial charge on any atom is -0.507 e. The van der Waals surface area contributed by atoms with E-state index in [1.807, 2.05) is 25.3 Å². The van der Waals surface area contributed by atoms with Gasteiger partial charge in [-0.15, -0.1) is 5.10 Å². The SMILES string of the molecule is Cc1ccn(-c2ccc(-c3nnc(OC4CC5NC(C4)C(F)=C5F)s3)c(O)c2)n1. The van der Waals surface area contributed by atoms with Crippen LogP contribution >= 0.6 is 11.3 Å². The molecular weight excluding hydrogens is 400 g/mol. The number of phenolic OH excluding ortho intramolecular Hbond substituents is 1. The van der Waals surface area contributed by atoms with Crippen LogP contribution < -0.4 is 10.1 Å². The molecule has 1 aromatic carbocycles. The monoisotopic (exact) mass is 417 g/mol. The molecule has 29 heavy (non-hydrogen) atoms. The van der Waals surface area contributed by atoms with Crippen LogP contribution in [0.1, 0.15) is 18.5 Å². The summed E-state index contributed by atoms with van der Waals surface area (Å²) in [7, 11) is 0. The fraction of sp³-hybridized carbons (Fsp3) is 0.316. The first-order valence-corrected chi connectivity index (χ1v) is 9.97. The second-order valence-electron chi connectivity index (χ2n) is 7.16. The van der Waals surface area contributed by atoms with E-state index in [1.54, 1.807) is 16.8 Å². The Morgan fingerprint density at radius 2 is 1.93 bits per heavy atom. The van der Waals surface area contributed by atoms with Crippen LogP contribution in [0.4, 0.5) is 8.78 Å². The first-order valence-electron chi connectivity index (χ1n) is 9.15. The van der Waals surface area contributed by atoms with Crippen molar-refractivity contribution in [1.29, 1.82) is 0 Å². The van der Waals surface area contributed by atoms with E-state index < -0.39 is 23.7 Å². The summed E-state index contributed by atoms with van der Waals surface area (Å²) in [4.78, 5) is 0. The lowest BCUT2D eigenvalue weighted by atomic mass is 10.0. The van der Waals surface area contributed by atoms with Crippen LogP contribution in [0.25, 0.3) is 16.3 Å². The highest BCUT2D eigenvalue weighted by atomic mass is 32.1. The van der Waals surface area contributed by atoms with Gasteiger partial charge in [0.05, 0.1) is 29.0 Å². The maximum absolute atomic E-state index is 13.7. The minimum absolute atomic E-state index is 0.0478. The van der Waals surface area contributed by atoms with Crippen molar-refractivity contribution in [3.8, 4) is 27.2 Å². The normalized spacial score (nSPS) is 23.6. The second kappa shape index (κ2) is 6.89. The summed E-state index contributed by atoms with van der Waals surface area (Å²) >= 11 is 1.18. The maximum Gasteiger partial charge on any atom is 0.294 e. The van der Waals surface area contributed by atoms with E-state index >= 15 is 0 Å². The van der Waals surface area contributed by atoms with Gasteiger partial charge < -0.3 is 9.84 Å². The Kier molecular flexibility index (Phi) is 4.32. The minimum atomic E-state index is -0.726. The van der Waals surface area contributed by atoms with Crippen LogP contribution in [0, 0.1) is 6.92 Å². The van der Waals surface area contributed by atoms with Gasteiger partial charge in [-0.05, 0) is 25.1 Å². The van der Waals surface area contributed by atoms with E-state index in [0.717, 1.165) is 11.4 Å². The number of piperidine rings is 1. The molecule has 0 radical (unpaired) electrons. The predicted molar refractivity (Wildman–Crippen MR) is 102 cm³/mol. The van der Waals surface area contributed by atoms with E-state index in [4.69, 9.17) is 4.74 Å². The van der Waals surface area contributed by atoms with Crippen LogP contribution in [0.5, 0.6) is 10.9 Å². The van der Waals surface area contributed by atoms with Gasteiger partial charge >= 0.3 is 0 Å². The van der Waals surface area contributed by atoms with Crippen molar-refractivity contribution in [2.45, 2.75) is 38.0 Å². The Labute approximate surface area is 168 Å². The van der Waals surface area contributed by atoms with E-state index in [0.29, 0.717) is 28.6 Å². The highest BCUT2D eigenvalue weighted by molar-refractivity contribution is 7.16. The lowest BCUT2D eigenvalue weighted by Crippen LogP contribution is -2.44. The van der Waals surface area contributed by atoms with Gasteiger partial charge in [-0.2, -0.15) is 5.10 Å². The van der Waals surface area contributed by atoms with Crippen molar-refractivity contribution in [3.63, 3.8) is 0 Å². The Morgan fingerprint density at radius 3 is 2.59 bits per heavy atom. The summed E-state index contributed by atoms with van der Waals surface area (Å²) in [6, 6.07) is 5.75. The largest absolute Gasteiger partial charge is 0.507 e. The standard InChI is InChI=1S/C19H17F2N5O2S/c1-9-4-5-26(25-9)10-2-3-12(15(27)6-10)18-23-24-19(29-18)28-11-7-13-16(20)17(21)14(8-11)22-13/h2-6,11,13-14,22,27H,7-8H2,1H3. The summed E-state index contributed by atoms with van der Waals surface area (Å²) < 4.78 is 35.0. The lowest BCUT2D eigenvalue weighted by Gasteiger charge is -2.28. The first kappa shape index (κ1) is 18.2. The number of nitrogens with one attached hydrogen (secondary N) is 1. The predicted octanol–water partition coefficient (Wildman–Crippen LogP) is 3.44. The van der Waals surface area contributed by atoms with E-state index in [2.05, 4.69) is 20.6 Å². The van der Waals surface area contributed by atoms with Crippen LogP contribution in [-0.2, 0) is 0 Å². The van der Waals surface area contributed by atoms with Gasteiger partial charge in [-0.1, -0.05) is 16.4 Å². The van der Waals surface area contributed by atoms with Gasteiger partial charge in [0.15, 0.2) is 5.01 Å². The molecule has 1 fully saturated rings. The molecule has 5 rings (SSSR count). The molecule has 0 amide bonds. The average Bonchev–Trinajstić information content (AvgIpc) is 3.39. The van der Waals surface area contributed by atoms with E-state index in [9.17, 15) is 13.9 Å². The molecule has 0 aliphatic carbocycles. The van der Waals surface area contributed by atoms with Crippen molar-refractivity contribution in [3.05, 3.63) is 47.8 Å². The van der Waals surface area contributed by atoms with Gasteiger partial charge in [0.25, 0.3) is 5.19 Å². The van der Waals surface area contributed by atoms with E-state index in [1.165, 1.54) is 11.3 Å². The summed E-state index contributed by atoms with van der Waals surface area (Å²) in [5.74, 6) is -1.40. The zero-order chi connectivity index (χ0) is 20.1.